The summed E-state index contributed by atoms with van der Waals surface area (Å²) < 4.78 is 19.8. The van der Waals surface area contributed by atoms with Crippen LogP contribution in [0.4, 0.5) is 14.9 Å². The van der Waals surface area contributed by atoms with Gasteiger partial charge >= 0.3 is 6.03 Å². The van der Waals surface area contributed by atoms with Gasteiger partial charge in [-0.05, 0) is 78.9 Å². The second-order valence-corrected chi connectivity index (χ2v) is 8.54. The molecule has 1 saturated heterocycles. The number of imide groups is 2. The summed E-state index contributed by atoms with van der Waals surface area (Å²) in [5, 5.41) is 2.25. The van der Waals surface area contributed by atoms with Crippen LogP contribution in [0.3, 0.4) is 0 Å². The molecule has 4 rings (SSSR count). The molecule has 0 aromatic heterocycles. The lowest BCUT2D eigenvalue weighted by atomic mass is 10.0. The van der Waals surface area contributed by atoms with Gasteiger partial charge in [0.15, 0.2) is 0 Å². The highest BCUT2D eigenvalue weighted by Gasteiger charge is 2.37. The van der Waals surface area contributed by atoms with Crippen molar-refractivity contribution in [2.24, 2.45) is 0 Å². The van der Waals surface area contributed by atoms with Gasteiger partial charge < -0.3 is 4.74 Å². The average Bonchev–Trinajstić information content (AvgIpc) is 2.81. The molecule has 36 heavy (non-hydrogen) atoms. The minimum Gasteiger partial charge on any atom is -0.489 e. The first kappa shape index (κ1) is 24.6. The highest BCUT2D eigenvalue weighted by molar-refractivity contribution is 6.39. The summed E-state index contributed by atoms with van der Waals surface area (Å²) in [7, 11) is 0. The SMILES string of the molecule is C=CCc1cc(/C=C2\C(=O)NC(=O)N(c3cc(C)cc(C)c3)C2=O)ccc1OCc1ccccc1F. The number of carbonyl (C=O) groups excluding carboxylic acids is 3. The van der Waals surface area contributed by atoms with Crippen LogP contribution in [0.5, 0.6) is 5.75 Å². The predicted octanol–water partition coefficient (Wildman–Crippen LogP) is 5.42. The topological polar surface area (TPSA) is 75.7 Å². The number of nitrogens with zero attached hydrogens (tertiary/aromatic N) is 1. The van der Waals surface area contributed by atoms with Gasteiger partial charge in [-0.1, -0.05) is 36.4 Å². The van der Waals surface area contributed by atoms with Crippen molar-refractivity contribution in [1.29, 1.82) is 0 Å². The number of nitrogens with one attached hydrogen (secondary N) is 1. The molecular weight excluding hydrogens is 459 g/mol. The minimum atomic E-state index is -0.795. The zero-order valence-corrected chi connectivity index (χ0v) is 20.0. The third kappa shape index (κ3) is 5.25. The molecule has 6 nitrogen and oxygen atoms in total. The molecule has 1 aliphatic rings. The van der Waals surface area contributed by atoms with Crippen molar-refractivity contribution >= 4 is 29.6 Å². The zero-order valence-electron chi connectivity index (χ0n) is 20.0. The van der Waals surface area contributed by atoms with Crippen LogP contribution in [-0.4, -0.2) is 17.8 Å². The lowest BCUT2D eigenvalue weighted by Gasteiger charge is -2.27. The minimum absolute atomic E-state index is 0.0468. The third-order valence-corrected chi connectivity index (χ3v) is 5.67. The smallest absolute Gasteiger partial charge is 0.335 e. The first-order valence-corrected chi connectivity index (χ1v) is 11.4. The summed E-state index contributed by atoms with van der Waals surface area (Å²) in [6.07, 6.45) is 3.59. The molecule has 3 aromatic rings. The Morgan fingerprint density at radius 3 is 2.39 bits per heavy atom. The Balaban J connectivity index is 1.64. The molecule has 7 heteroatoms. The predicted molar refractivity (Wildman–Crippen MR) is 136 cm³/mol. The summed E-state index contributed by atoms with van der Waals surface area (Å²) in [4.78, 5) is 39.3. The zero-order chi connectivity index (χ0) is 25.8. The molecule has 0 unspecified atom stereocenters. The number of hydrogen-bond acceptors (Lipinski definition) is 4. The Bertz CT molecular complexity index is 1390. The van der Waals surface area contributed by atoms with Gasteiger partial charge in [-0.3, -0.25) is 14.9 Å². The van der Waals surface area contributed by atoms with Gasteiger partial charge in [-0.2, -0.15) is 0 Å². The quantitative estimate of drug-likeness (QED) is 0.276. The van der Waals surface area contributed by atoms with Gasteiger partial charge in [0.2, 0.25) is 0 Å². The van der Waals surface area contributed by atoms with Crippen LogP contribution in [0.15, 0.2) is 78.9 Å². The Morgan fingerprint density at radius 1 is 0.972 bits per heavy atom. The fourth-order valence-corrected chi connectivity index (χ4v) is 4.05. The molecular formula is C29H25FN2O4. The maximum absolute atomic E-state index is 14.0. The second kappa shape index (κ2) is 10.4. The molecule has 1 N–H and O–H groups in total. The van der Waals surface area contributed by atoms with E-state index in [-0.39, 0.29) is 18.0 Å². The number of barbiturate groups is 1. The number of hydrogen-bond donors (Lipinski definition) is 1. The van der Waals surface area contributed by atoms with E-state index in [2.05, 4.69) is 11.9 Å². The Kier molecular flexibility index (Phi) is 7.10. The van der Waals surface area contributed by atoms with Crippen molar-refractivity contribution < 1.29 is 23.5 Å². The van der Waals surface area contributed by atoms with Crippen molar-refractivity contribution in [3.63, 3.8) is 0 Å². The van der Waals surface area contributed by atoms with Gasteiger partial charge in [-0.15, -0.1) is 6.58 Å². The number of benzene rings is 3. The maximum atomic E-state index is 14.0. The van der Waals surface area contributed by atoms with E-state index in [0.717, 1.165) is 21.6 Å². The highest BCUT2D eigenvalue weighted by Crippen LogP contribution is 2.27. The summed E-state index contributed by atoms with van der Waals surface area (Å²) in [6, 6.07) is 16.1. The normalized spacial score (nSPS) is 14.7. The number of amides is 4. The lowest BCUT2D eigenvalue weighted by Crippen LogP contribution is -2.54. The second-order valence-electron chi connectivity index (χ2n) is 8.54. The van der Waals surface area contributed by atoms with Gasteiger partial charge in [0.05, 0.1) is 5.69 Å². The van der Waals surface area contributed by atoms with E-state index in [9.17, 15) is 18.8 Å². The highest BCUT2D eigenvalue weighted by atomic mass is 19.1. The first-order chi connectivity index (χ1) is 17.3. The number of allylic oxidation sites excluding steroid dienone is 1. The number of rotatable bonds is 7. The van der Waals surface area contributed by atoms with Gasteiger partial charge in [-0.25, -0.2) is 14.1 Å². The van der Waals surface area contributed by atoms with Crippen LogP contribution in [-0.2, 0) is 22.6 Å². The number of urea groups is 1. The molecule has 1 aliphatic heterocycles. The van der Waals surface area contributed by atoms with Crippen molar-refractivity contribution in [2.75, 3.05) is 4.90 Å². The van der Waals surface area contributed by atoms with E-state index in [1.54, 1.807) is 54.6 Å². The van der Waals surface area contributed by atoms with Crippen molar-refractivity contribution in [3.05, 3.63) is 113 Å². The fourth-order valence-electron chi connectivity index (χ4n) is 4.05. The molecule has 0 saturated carbocycles. The summed E-state index contributed by atoms with van der Waals surface area (Å²) in [5.41, 5.74) is 3.73. The van der Waals surface area contributed by atoms with E-state index in [0.29, 0.717) is 29.0 Å². The Hall–Kier alpha value is -4.52. The maximum Gasteiger partial charge on any atom is 0.335 e. The fraction of sp³-hybridized carbons (Fsp3) is 0.138. The molecule has 0 aliphatic carbocycles. The largest absolute Gasteiger partial charge is 0.489 e. The molecule has 4 amide bonds. The van der Waals surface area contributed by atoms with Crippen LogP contribution < -0.4 is 15.0 Å². The summed E-state index contributed by atoms with van der Waals surface area (Å²) in [5.74, 6) is -1.30. The van der Waals surface area contributed by atoms with Crippen molar-refractivity contribution in [1.82, 2.24) is 5.32 Å². The Labute approximate surface area is 208 Å². The van der Waals surface area contributed by atoms with Gasteiger partial charge in [0, 0.05) is 5.56 Å². The van der Waals surface area contributed by atoms with Gasteiger partial charge in [0.1, 0.15) is 23.7 Å². The molecule has 0 bridgehead atoms. The van der Waals surface area contributed by atoms with Crippen LogP contribution in [0.2, 0.25) is 0 Å². The van der Waals surface area contributed by atoms with Crippen LogP contribution >= 0.6 is 0 Å². The van der Waals surface area contributed by atoms with Crippen LogP contribution in [0, 0.1) is 19.7 Å². The van der Waals surface area contributed by atoms with Crippen LogP contribution in [0.1, 0.15) is 27.8 Å². The third-order valence-electron chi connectivity index (χ3n) is 5.67. The van der Waals surface area contributed by atoms with E-state index >= 15 is 0 Å². The number of carbonyl (C=O) groups is 3. The standard InChI is InChI=1S/C29H25FN2O4/c1-4-7-21-15-20(10-11-26(21)36-17-22-8-5-6-9-25(22)30)16-24-27(33)31-29(35)32(28(24)34)23-13-18(2)12-19(3)14-23/h4-6,8-16H,1,7,17H2,2-3H3,(H,31,33,35)/b24-16+. The molecule has 0 atom stereocenters. The van der Waals surface area contributed by atoms with E-state index in [1.807, 2.05) is 19.9 Å². The Morgan fingerprint density at radius 2 is 1.69 bits per heavy atom. The van der Waals surface area contributed by atoms with Crippen molar-refractivity contribution in [3.8, 4) is 5.75 Å². The van der Waals surface area contributed by atoms with Crippen molar-refractivity contribution in [2.45, 2.75) is 26.9 Å². The molecule has 3 aromatic carbocycles. The molecule has 0 radical (unpaired) electrons. The van der Waals surface area contributed by atoms with E-state index < -0.39 is 17.8 Å². The summed E-state index contributed by atoms with van der Waals surface area (Å²) in [6.45, 7) is 7.54. The van der Waals surface area contributed by atoms with E-state index in [1.165, 1.54) is 12.1 Å². The monoisotopic (exact) mass is 484 g/mol. The number of anilines is 1. The van der Waals surface area contributed by atoms with Crippen LogP contribution in [0.25, 0.3) is 6.08 Å². The number of halogens is 1. The molecule has 1 fully saturated rings. The molecule has 1 heterocycles. The van der Waals surface area contributed by atoms with E-state index in [4.69, 9.17) is 4.74 Å². The first-order valence-electron chi connectivity index (χ1n) is 11.4. The number of ether oxygens (including phenoxy) is 1. The number of aryl methyl sites for hydroxylation is 2. The lowest BCUT2D eigenvalue weighted by molar-refractivity contribution is -0.122. The van der Waals surface area contributed by atoms with Gasteiger partial charge in [0.25, 0.3) is 11.8 Å². The average molecular weight is 485 g/mol. The summed E-state index contributed by atoms with van der Waals surface area (Å²) >= 11 is 0. The molecule has 182 valence electrons. The molecule has 0 spiro atoms.